The molecule has 0 aliphatic carbocycles. The molecule has 0 saturated heterocycles. The quantitative estimate of drug-likeness (QED) is 0.821. The standard InChI is InChI=1S/C11H16ClN3O/c1-11(2,15(3)4)9(16)8-5-7(12)6-14-10(8)13/h5-6H,1-4H3,(H2,13,14). The number of pyridine rings is 1. The Labute approximate surface area is 100 Å². The molecule has 0 amide bonds. The highest BCUT2D eigenvalue weighted by molar-refractivity contribution is 6.31. The van der Waals surface area contributed by atoms with Gasteiger partial charge in [0.15, 0.2) is 5.78 Å². The van der Waals surface area contributed by atoms with Gasteiger partial charge in [-0.25, -0.2) is 4.98 Å². The summed E-state index contributed by atoms with van der Waals surface area (Å²) in [4.78, 5) is 18.0. The normalized spacial score (nSPS) is 11.9. The highest BCUT2D eigenvalue weighted by atomic mass is 35.5. The molecule has 1 rings (SSSR count). The molecule has 0 aliphatic rings. The molecule has 1 heterocycles. The van der Waals surface area contributed by atoms with E-state index in [1.807, 2.05) is 32.8 Å². The lowest BCUT2D eigenvalue weighted by Crippen LogP contribution is -2.46. The molecule has 5 heteroatoms. The minimum absolute atomic E-state index is 0.0926. The Bertz CT molecular complexity index is 416. The van der Waals surface area contributed by atoms with Crippen molar-refractivity contribution in [2.75, 3.05) is 19.8 Å². The average molecular weight is 242 g/mol. The number of carbonyl (C=O) groups is 1. The van der Waals surface area contributed by atoms with E-state index in [9.17, 15) is 4.79 Å². The van der Waals surface area contributed by atoms with Crippen LogP contribution >= 0.6 is 11.6 Å². The van der Waals surface area contributed by atoms with E-state index in [0.717, 1.165) is 0 Å². The first-order valence-electron chi connectivity index (χ1n) is 4.90. The number of halogens is 1. The second-order valence-corrected chi connectivity index (χ2v) is 4.81. The number of likely N-dealkylation sites (N-methyl/N-ethyl adjacent to an activating group) is 1. The van der Waals surface area contributed by atoms with Crippen molar-refractivity contribution in [3.63, 3.8) is 0 Å². The van der Waals surface area contributed by atoms with Gasteiger partial charge in [-0.05, 0) is 34.0 Å². The van der Waals surface area contributed by atoms with Gasteiger partial charge in [0, 0.05) is 6.20 Å². The van der Waals surface area contributed by atoms with Gasteiger partial charge in [-0.1, -0.05) is 11.6 Å². The van der Waals surface area contributed by atoms with E-state index >= 15 is 0 Å². The molecule has 0 bridgehead atoms. The molecule has 0 saturated carbocycles. The molecular formula is C11H16ClN3O. The molecule has 1 aromatic heterocycles. The van der Waals surface area contributed by atoms with Crippen molar-refractivity contribution >= 4 is 23.2 Å². The Kier molecular flexibility index (Phi) is 3.55. The summed E-state index contributed by atoms with van der Waals surface area (Å²) in [7, 11) is 3.68. The van der Waals surface area contributed by atoms with Crippen LogP contribution < -0.4 is 5.73 Å². The first-order valence-corrected chi connectivity index (χ1v) is 5.28. The van der Waals surface area contributed by atoms with E-state index < -0.39 is 5.54 Å². The smallest absolute Gasteiger partial charge is 0.186 e. The number of aromatic nitrogens is 1. The summed E-state index contributed by atoms with van der Waals surface area (Å²) in [6.07, 6.45) is 1.43. The van der Waals surface area contributed by atoms with Crippen LogP contribution in [-0.4, -0.2) is 35.3 Å². The fourth-order valence-corrected chi connectivity index (χ4v) is 1.32. The van der Waals surface area contributed by atoms with E-state index in [2.05, 4.69) is 4.98 Å². The van der Waals surface area contributed by atoms with E-state index in [4.69, 9.17) is 17.3 Å². The molecule has 0 fully saturated rings. The number of hydrogen-bond acceptors (Lipinski definition) is 4. The molecule has 4 nitrogen and oxygen atoms in total. The average Bonchev–Trinajstić information content (AvgIpc) is 2.20. The van der Waals surface area contributed by atoms with Crippen LogP contribution in [0.4, 0.5) is 5.82 Å². The highest BCUT2D eigenvalue weighted by Gasteiger charge is 2.32. The Morgan fingerprint density at radius 3 is 2.56 bits per heavy atom. The van der Waals surface area contributed by atoms with Gasteiger partial charge < -0.3 is 5.73 Å². The molecule has 16 heavy (non-hydrogen) atoms. The zero-order valence-corrected chi connectivity index (χ0v) is 10.7. The molecule has 88 valence electrons. The molecule has 0 aliphatic heterocycles. The fourth-order valence-electron chi connectivity index (χ4n) is 1.16. The molecule has 0 spiro atoms. The van der Waals surface area contributed by atoms with Crippen LogP contribution in [0, 0.1) is 0 Å². The minimum atomic E-state index is -0.638. The number of nitrogens with zero attached hydrogens (tertiary/aromatic N) is 2. The summed E-state index contributed by atoms with van der Waals surface area (Å²) in [5.41, 5.74) is 5.41. The highest BCUT2D eigenvalue weighted by Crippen LogP contribution is 2.23. The van der Waals surface area contributed by atoms with E-state index in [1.165, 1.54) is 6.20 Å². The van der Waals surface area contributed by atoms with Crippen LogP contribution in [0.15, 0.2) is 12.3 Å². The number of rotatable bonds is 3. The van der Waals surface area contributed by atoms with Crippen molar-refractivity contribution in [3.05, 3.63) is 22.8 Å². The number of ketones is 1. The third-order valence-corrected chi connectivity index (χ3v) is 3.01. The summed E-state index contributed by atoms with van der Waals surface area (Å²) in [6.45, 7) is 3.66. The van der Waals surface area contributed by atoms with Gasteiger partial charge in [0.2, 0.25) is 0 Å². The number of Topliss-reactive ketones (excluding diaryl/α,β-unsaturated/α-hetero) is 1. The van der Waals surface area contributed by atoms with Crippen molar-refractivity contribution < 1.29 is 4.79 Å². The Hall–Kier alpha value is -1.13. The van der Waals surface area contributed by atoms with Crippen molar-refractivity contribution in [3.8, 4) is 0 Å². The molecule has 0 aromatic carbocycles. The van der Waals surface area contributed by atoms with Crippen LogP contribution in [0.5, 0.6) is 0 Å². The molecule has 0 radical (unpaired) electrons. The van der Waals surface area contributed by atoms with Crippen LogP contribution in [0.3, 0.4) is 0 Å². The summed E-state index contributed by atoms with van der Waals surface area (Å²) < 4.78 is 0. The maximum Gasteiger partial charge on any atom is 0.186 e. The van der Waals surface area contributed by atoms with Gasteiger partial charge in [-0.3, -0.25) is 9.69 Å². The zero-order valence-electron chi connectivity index (χ0n) is 9.91. The van der Waals surface area contributed by atoms with E-state index in [-0.39, 0.29) is 11.6 Å². The first kappa shape index (κ1) is 12.9. The predicted molar refractivity (Wildman–Crippen MR) is 65.8 cm³/mol. The Balaban J connectivity index is 3.19. The summed E-state index contributed by atoms with van der Waals surface area (Å²) in [5, 5.41) is 0.409. The SMILES string of the molecule is CN(C)C(C)(C)C(=O)c1cc(Cl)cnc1N. The fraction of sp³-hybridized carbons (Fsp3) is 0.455. The number of nitrogens with two attached hydrogens (primary N) is 1. The van der Waals surface area contributed by atoms with E-state index in [1.54, 1.807) is 6.07 Å². The molecule has 0 unspecified atom stereocenters. The van der Waals surface area contributed by atoms with Gasteiger partial charge in [0.1, 0.15) is 5.82 Å². The minimum Gasteiger partial charge on any atom is -0.383 e. The molecule has 2 N–H and O–H groups in total. The van der Waals surface area contributed by atoms with Crippen LogP contribution in [0.1, 0.15) is 24.2 Å². The van der Waals surface area contributed by atoms with Gasteiger partial charge in [-0.2, -0.15) is 0 Å². The second-order valence-electron chi connectivity index (χ2n) is 4.37. The van der Waals surface area contributed by atoms with Gasteiger partial charge in [0.25, 0.3) is 0 Å². The topological polar surface area (TPSA) is 59.2 Å². The lowest BCUT2D eigenvalue weighted by Gasteiger charge is -2.31. The van der Waals surface area contributed by atoms with Crippen molar-refractivity contribution in [1.82, 2.24) is 9.88 Å². The Morgan fingerprint density at radius 1 is 1.50 bits per heavy atom. The van der Waals surface area contributed by atoms with Gasteiger partial charge >= 0.3 is 0 Å². The number of anilines is 1. The predicted octanol–water partition coefficient (Wildman–Crippen LogP) is 1.84. The summed E-state index contributed by atoms with van der Waals surface area (Å²) >= 11 is 5.81. The van der Waals surface area contributed by atoms with E-state index in [0.29, 0.717) is 10.6 Å². The van der Waals surface area contributed by atoms with Crippen LogP contribution in [0.2, 0.25) is 5.02 Å². The molecular weight excluding hydrogens is 226 g/mol. The lowest BCUT2D eigenvalue weighted by atomic mass is 9.92. The first-order chi connectivity index (χ1) is 7.26. The Morgan fingerprint density at radius 2 is 2.06 bits per heavy atom. The maximum absolute atomic E-state index is 12.3. The molecule has 1 aromatic rings. The van der Waals surface area contributed by atoms with Crippen molar-refractivity contribution in [2.24, 2.45) is 0 Å². The second kappa shape index (κ2) is 4.39. The summed E-state index contributed by atoms with van der Waals surface area (Å²) in [6, 6.07) is 1.55. The van der Waals surface area contributed by atoms with Gasteiger partial charge in [-0.15, -0.1) is 0 Å². The molecule has 0 atom stereocenters. The lowest BCUT2D eigenvalue weighted by molar-refractivity contribution is 0.0756. The largest absolute Gasteiger partial charge is 0.383 e. The summed E-state index contributed by atoms with van der Waals surface area (Å²) in [5.74, 6) is 0.120. The monoisotopic (exact) mass is 241 g/mol. The number of nitrogen functional groups attached to an aromatic ring is 1. The third-order valence-electron chi connectivity index (χ3n) is 2.80. The number of hydrogen-bond donors (Lipinski definition) is 1. The third kappa shape index (κ3) is 2.33. The zero-order chi connectivity index (χ0) is 12.5. The van der Waals surface area contributed by atoms with Crippen LogP contribution in [0.25, 0.3) is 0 Å². The maximum atomic E-state index is 12.3. The van der Waals surface area contributed by atoms with Crippen LogP contribution in [-0.2, 0) is 0 Å². The number of carbonyl (C=O) groups excluding carboxylic acids is 1. The van der Waals surface area contributed by atoms with Crippen molar-refractivity contribution in [2.45, 2.75) is 19.4 Å². The van der Waals surface area contributed by atoms with Gasteiger partial charge in [0.05, 0.1) is 16.1 Å². The van der Waals surface area contributed by atoms with Crippen molar-refractivity contribution in [1.29, 1.82) is 0 Å².